The normalized spacial score (nSPS) is 11.7. The van der Waals surface area contributed by atoms with Crippen LogP contribution in [-0.2, 0) is 13.6 Å². The Balaban J connectivity index is 3.60. The molecule has 0 amide bonds. The summed E-state index contributed by atoms with van der Waals surface area (Å²) < 4.78 is 23.1. The van der Waals surface area contributed by atoms with E-state index in [0.717, 1.165) is 0 Å². The SMILES string of the molecule is CNOS(=O)(=O)Cl. The van der Waals surface area contributed by atoms with E-state index in [0.29, 0.717) is 0 Å². The molecule has 0 aromatic rings. The van der Waals surface area contributed by atoms with Crippen LogP contribution in [0.3, 0.4) is 0 Å². The van der Waals surface area contributed by atoms with Crippen LogP contribution in [0.1, 0.15) is 0 Å². The van der Waals surface area contributed by atoms with Crippen LogP contribution in [0, 0.1) is 0 Å². The van der Waals surface area contributed by atoms with E-state index in [1.165, 1.54) is 7.05 Å². The van der Waals surface area contributed by atoms with Gasteiger partial charge in [-0.25, -0.2) is 0 Å². The number of rotatable bonds is 2. The van der Waals surface area contributed by atoms with Crippen molar-refractivity contribution in [3.05, 3.63) is 0 Å². The Morgan fingerprint density at radius 1 is 1.71 bits per heavy atom. The predicted molar refractivity (Wildman–Crippen MR) is 24.9 cm³/mol. The third kappa shape index (κ3) is 6.16. The summed E-state index contributed by atoms with van der Waals surface area (Å²) in [5, 5.41) is 0. The van der Waals surface area contributed by atoms with Gasteiger partial charge in [0.1, 0.15) is 0 Å². The molecular formula is CH4ClNO3S. The molecule has 7 heavy (non-hydrogen) atoms. The highest BCUT2D eigenvalue weighted by Crippen LogP contribution is 1.92. The molecular weight excluding hydrogens is 142 g/mol. The first-order valence-corrected chi connectivity index (χ1v) is 3.59. The second kappa shape index (κ2) is 2.46. The lowest BCUT2D eigenvalue weighted by Crippen LogP contribution is -2.09. The van der Waals surface area contributed by atoms with Gasteiger partial charge in [0.05, 0.1) is 10.7 Å². The van der Waals surface area contributed by atoms with E-state index in [-0.39, 0.29) is 0 Å². The molecule has 6 heteroatoms. The lowest BCUT2D eigenvalue weighted by Gasteiger charge is -1.88. The number of hydrogen-bond acceptors (Lipinski definition) is 4. The Morgan fingerprint density at radius 3 is 2.14 bits per heavy atom. The number of hydrogen-bond donors (Lipinski definition) is 1. The van der Waals surface area contributed by atoms with Crippen LogP contribution in [-0.4, -0.2) is 15.5 Å². The molecule has 0 aromatic heterocycles. The van der Waals surface area contributed by atoms with Gasteiger partial charge >= 0.3 is 9.33 Å². The molecule has 0 aliphatic heterocycles. The minimum absolute atomic E-state index is 1.29. The number of nitrogens with one attached hydrogen (secondary N) is 1. The van der Waals surface area contributed by atoms with E-state index in [9.17, 15) is 8.42 Å². The molecule has 4 nitrogen and oxygen atoms in total. The summed E-state index contributed by atoms with van der Waals surface area (Å²) in [6.07, 6.45) is 0. The minimum Gasteiger partial charge on any atom is -0.186 e. The molecule has 0 radical (unpaired) electrons. The van der Waals surface area contributed by atoms with E-state index in [1.807, 2.05) is 5.48 Å². The zero-order chi connectivity index (χ0) is 5.91. The maximum atomic E-state index is 9.71. The van der Waals surface area contributed by atoms with Crippen LogP contribution in [0.5, 0.6) is 0 Å². The molecule has 0 rings (SSSR count). The van der Waals surface area contributed by atoms with E-state index >= 15 is 0 Å². The van der Waals surface area contributed by atoms with Gasteiger partial charge in [0.15, 0.2) is 0 Å². The number of hydroxylamine groups is 1. The summed E-state index contributed by atoms with van der Waals surface area (Å²) >= 11 is 0. The van der Waals surface area contributed by atoms with E-state index in [2.05, 4.69) is 15.0 Å². The van der Waals surface area contributed by atoms with E-state index in [4.69, 9.17) is 0 Å². The Kier molecular flexibility index (Phi) is 2.52. The molecule has 0 saturated heterocycles. The van der Waals surface area contributed by atoms with E-state index in [1.54, 1.807) is 0 Å². The van der Waals surface area contributed by atoms with Gasteiger partial charge in [0.2, 0.25) is 0 Å². The van der Waals surface area contributed by atoms with Gasteiger partial charge in [-0.1, -0.05) is 0 Å². The van der Waals surface area contributed by atoms with Crippen molar-refractivity contribution in [3.8, 4) is 0 Å². The lowest BCUT2D eigenvalue weighted by atomic mass is 11.6. The van der Waals surface area contributed by atoms with Crippen molar-refractivity contribution in [2.75, 3.05) is 7.05 Å². The van der Waals surface area contributed by atoms with Gasteiger partial charge in [-0.15, -0.1) is 0 Å². The molecule has 0 saturated carbocycles. The van der Waals surface area contributed by atoms with E-state index < -0.39 is 9.33 Å². The average Bonchev–Trinajstić information content (AvgIpc) is 1.30. The predicted octanol–water partition coefficient (Wildman–Crippen LogP) is -0.379. The van der Waals surface area contributed by atoms with Crippen molar-refractivity contribution < 1.29 is 12.7 Å². The van der Waals surface area contributed by atoms with Crippen LogP contribution < -0.4 is 5.48 Å². The van der Waals surface area contributed by atoms with Crippen molar-refractivity contribution in [2.24, 2.45) is 0 Å². The maximum absolute atomic E-state index is 9.71. The molecule has 0 spiro atoms. The monoisotopic (exact) mass is 145 g/mol. The third-order valence-electron chi connectivity index (χ3n) is 0.183. The van der Waals surface area contributed by atoms with Crippen molar-refractivity contribution >= 4 is 20.0 Å². The summed E-state index contributed by atoms with van der Waals surface area (Å²) in [5.74, 6) is 0. The van der Waals surface area contributed by atoms with Crippen LogP contribution in [0.25, 0.3) is 0 Å². The molecule has 0 aliphatic rings. The summed E-state index contributed by atoms with van der Waals surface area (Å²) in [5.41, 5.74) is 1.89. The minimum atomic E-state index is -3.81. The maximum Gasteiger partial charge on any atom is 0.371 e. The zero-order valence-electron chi connectivity index (χ0n) is 3.51. The van der Waals surface area contributed by atoms with Gasteiger partial charge < -0.3 is 0 Å². The highest BCUT2D eigenvalue weighted by molar-refractivity contribution is 8.09. The first-order valence-electron chi connectivity index (χ1n) is 1.36. The first-order chi connectivity index (χ1) is 3.06. The summed E-state index contributed by atoms with van der Waals surface area (Å²) in [6.45, 7) is 0. The molecule has 0 unspecified atom stereocenters. The van der Waals surface area contributed by atoms with Crippen LogP contribution in [0.15, 0.2) is 0 Å². The first kappa shape index (κ1) is 7.16. The Hall–Kier alpha value is 0.160. The number of halogens is 1. The largest absolute Gasteiger partial charge is 0.371 e. The Morgan fingerprint density at radius 2 is 2.14 bits per heavy atom. The Bertz CT molecular complexity index is 128. The van der Waals surface area contributed by atoms with Gasteiger partial charge in [0.25, 0.3) is 0 Å². The van der Waals surface area contributed by atoms with Crippen LogP contribution >= 0.6 is 10.7 Å². The van der Waals surface area contributed by atoms with Gasteiger partial charge in [-0.2, -0.15) is 18.2 Å². The molecule has 0 bridgehead atoms. The van der Waals surface area contributed by atoms with Gasteiger partial charge in [-0.05, 0) is 0 Å². The molecule has 44 valence electrons. The van der Waals surface area contributed by atoms with Crippen molar-refractivity contribution in [2.45, 2.75) is 0 Å². The van der Waals surface area contributed by atoms with Crippen molar-refractivity contribution in [1.29, 1.82) is 0 Å². The summed E-state index contributed by atoms with van der Waals surface area (Å²) in [7, 11) is 2.00. The molecule has 0 aliphatic carbocycles. The van der Waals surface area contributed by atoms with Gasteiger partial charge in [0, 0.05) is 7.05 Å². The summed E-state index contributed by atoms with van der Waals surface area (Å²) in [6, 6.07) is 0. The third-order valence-corrected chi connectivity index (χ3v) is 0.738. The molecule has 1 N–H and O–H groups in total. The van der Waals surface area contributed by atoms with Crippen LogP contribution in [0.2, 0.25) is 0 Å². The molecule has 0 fully saturated rings. The highest BCUT2D eigenvalue weighted by Gasteiger charge is 1.99. The second-order valence-corrected chi connectivity index (χ2v) is 2.77. The molecule has 0 atom stereocenters. The van der Waals surface area contributed by atoms with Crippen molar-refractivity contribution in [3.63, 3.8) is 0 Å². The topological polar surface area (TPSA) is 55.4 Å². The second-order valence-electron chi connectivity index (χ2n) is 0.681. The average molecular weight is 146 g/mol. The van der Waals surface area contributed by atoms with Crippen molar-refractivity contribution in [1.82, 2.24) is 5.48 Å². The lowest BCUT2D eigenvalue weighted by molar-refractivity contribution is 0.239. The molecule has 0 heterocycles. The molecule has 0 aromatic carbocycles. The smallest absolute Gasteiger partial charge is 0.186 e. The fraction of sp³-hybridized carbons (Fsp3) is 1.00. The zero-order valence-corrected chi connectivity index (χ0v) is 5.08. The van der Waals surface area contributed by atoms with Crippen LogP contribution in [0.4, 0.5) is 0 Å². The Labute approximate surface area is 46.0 Å². The standard InChI is InChI=1S/CH4ClNO3S/c1-3-6-7(2,4)5/h3H,1H3. The fourth-order valence-electron chi connectivity index (χ4n) is 0.0995. The highest BCUT2D eigenvalue weighted by atomic mass is 35.7. The van der Waals surface area contributed by atoms with Gasteiger partial charge in [-0.3, -0.25) is 0 Å². The fourth-order valence-corrected chi connectivity index (χ4v) is 0.488. The quantitative estimate of drug-likeness (QED) is 0.425. The summed E-state index contributed by atoms with van der Waals surface area (Å²) in [4.78, 5) is 0.